The van der Waals surface area contributed by atoms with E-state index in [9.17, 15) is 50.6 Å². The number of benzene rings is 3. The van der Waals surface area contributed by atoms with Crippen LogP contribution in [0.4, 0.5) is 23.2 Å². The van der Waals surface area contributed by atoms with Crippen molar-refractivity contribution in [3.63, 3.8) is 0 Å². The SMILES string of the molecule is CC(=O)OCC(O)(C#Cc1ccc(C2C(CCC(O)c3ccc(F)cc3)C(=O)N2c2ccc(OS(=O)(=O)C(F)(F)F)cc2)cc1)COC(C)=O. The molecule has 1 amide bonds. The lowest BCUT2D eigenvalue weighted by molar-refractivity contribution is -0.154. The average molecular weight is 722 g/mol. The second-order valence-electron chi connectivity index (χ2n) is 11.3. The second-order valence-corrected chi connectivity index (χ2v) is 12.9. The lowest BCUT2D eigenvalue weighted by Gasteiger charge is -2.48. The van der Waals surface area contributed by atoms with Gasteiger partial charge in [0.2, 0.25) is 5.91 Å². The molecule has 1 heterocycles. The van der Waals surface area contributed by atoms with E-state index in [2.05, 4.69) is 16.0 Å². The van der Waals surface area contributed by atoms with Gasteiger partial charge in [0.1, 0.15) is 24.8 Å². The number of halogens is 4. The summed E-state index contributed by atoms with van der Waals surface area (Å²) in [5, 5.41) is 21.5. The molecule has 1 aliphatic heterocycles. The average Bonchev–Trinajstić information content (AvgIpc) is 3.05. The first kappa shape index (κ1) is 37.8. The number of aliphatic hydroxyl groups is 2. The van der Waals surface area contributed by atoms with Crippen molar-refractivity contribution in [3.05, 3.63) is 95.3 Å². The smallest absolute Gasteiger partial charge is 0.462 e. The highest BCUT2D eigenvalue weighted by atomic mass is 32.2. The van der Waals surface area contributed by atoms with Gasteiger partial charge in [-0.25, -0.2) is 4.39 Å². The van der Waals surface area contributed by atoms with Crippen molar-refractivity contribution in [2.75, 3.05) is 18.1 Å². The van der Waals surface area contributed by atoms with Crippen LogP contribution in [0, 0.1) is 23.6 Å². The zero-order chi connectivity index (χ0) is 36.9. The summed E-state index contributed by atoms with van der Waals surface area (Å²) in [5.74, 6) is 1.72. The molecular formula is C34H31F4NO10S. The van der Waals surface area contributed by atoms with Gasteiger partial charge in [-0.2, -0.15) is 21.6 Å². The molecule has 0 aliphatic carbocycles. The van der Waals surface area contributed by atoms with Crippen molar-refractivity contribution in [1.82, 2.24) is 0 Å². The number of amides is 1. The molecule has 0 bridgehead atoms. The van der Waals surface area contributed by atoms with E-state index in [-0.39, 0.29) is 24.4 Å². The van der Waals surface area contributed by atoms with Crippen LogP contribution in [-0.2, 0) is 34.0 Å². The molecule has 3 aromatic carbocycles. The third-order valence-corrected chi connectivity index (χ3v) is 8.52. The van der Waals surface area contributed by atoms with Gasteiger partial charge in [-0.15, -0.1) is 0 Å². The van der Waals surface area contributed by atoms with Crippen molar-refractivity contribution in [3.8, 4) is 17.6 Å². The molecule has 1 fully saturated rings. The quantitative estimate of drug-likeness (QED) is 0.0683. The summed E-state index contributed by atoms with van der Waals surface area (Å²) in [5.41, 5.74) is -6.02. The van der Waals surface area contributed by atoms with E-state index in [0.717, 1.165) is 26.0 Å². The molecule has 2 N–H and O–H groups in total. The summed E-state index contributed by atoms with van der Waals surface area (Å²) in [6, 6.07) is 15.4. The van der Waals surface area contributed by atoms with E-state index in [1.165, 1.54) is 41.3 Å². The van der Waals surface area contributed by atoms with E-state index in [1.54, 1.807) is 24.3 Å². The third kappa shape index (κ3) is 9.37. The molecule has 0 aromatic heterocycles. The van der Waals surface area contributed by atoms with Crippen molar-refractivity contribution in [2.45, 2.75) is 49.9 Å². The highest BCUT2D eigenvalue weighted by Crippen LogP contribution is 2.46. The number of β-lactam (4-membered cyclic amide) rings is 1. The highest BCUT2D eigenvalue weighted by Gasteiger charge is 2.50. The zero-order valence-electron chi connectivity index (χ0n) is 26.5. The Hall–Kier alpha value is -4.98. The van der Waals surface area contributed by atoms with Crippen LogP contribution in [-0.4, -0.2) is 60.8 Å². The lowest BCUT2D eigenvalue weighted by atomic mass is 9.78. The van der Waals surface area contributed by atoms with Gasteiger partial charge in [-0.3, -0.25) is 14.4 Å². The predicted octanol–water partition coefficient (Wildman–Crippen LogP) is 4.48. The Morgan fingerprint density at radius 1 is 0.920 bits per heavy atom. The van der Waals surface area contributed by atoms with Gasteiger partial charge in [0.25, 0.3) is 0 Å². The maximum atomic E-state index is 13.5. The minimum atomic E-state index is -5.92. The maximum Gasteiger partial charge on any atom is 0.534 e. The van der Waals surface area contributed by atoms with Gasteiger partial charge in [0.05, 0.1) is 18.1 Å². The van der Waals surface area contributed by atoms with Crippen LogP contribution >= 0.6 is 0 Å². The number of alkyl halides is 3. The molecule has 0 radical (unpaired) electrons. The number of rotatable bonds is 12. The molecule has 1 saturated heterocycles. The number of aliphatic hydroxyl groups excluding tert-OH is 1. The standard InChI is InChI=1S/C34H31F4NO10S/c1-21(40)47-19-33(44,20-48-22(2)41)18-17-23-3-5-25(6-4-23)31-29(15-16-30(42)24-7-9-26(35)10-8-24)32(43)39(31)27-11-13-28(14-12-27)49-50(45,46)34(36,37)38/h3-14,29-31,42,44H,15-16,19-20H2,1-2H3. The van der Waals surface area contributed by atoms with Crippen LogP contribution in [0.25, 0.3) is 0 Å². The van der Waals surface area contributed by atoms with E-state index >= 15 is 0 Å². The maximum absolute atomic E-state index is 13.5. The van der Waals surface area contributed by atoms with Crippen LogP contribution in [0.5, 0.6) is 5.75 Å². The van der Waals surface area contributed by atoms with E-state index < -0.39 is 76.0 Å². The summed E-state index contributed by atoms with van der Waals surface area (Å²) in [4.78, 5) is 37.4. The van der Waals surface area contributed by atoms with Crippen LogP contribution < -0.4 is 9.08 Å². The Morgan fingerprint density at radius 2 is 1.48 bits per heavy atom. The largest absolute Gasteiger partial charge is 0.534 e. The summed E-state index contributed by atoms with van der Waals surface area (Å²) < 4.78 is 88.4. The summed E-state index contributed by atoms with van der Waals surface area (Å²) in [6.07, 6.45) is -0.702. The number of anilines is 1. The minimum Gasteiger partial charge on any atom is -0.462 e. The van der Waals surface area contributed by atoms with Crippen LogP contribution in [0.3, 0.4) is 0 Å². The predicted molar refractivity (Wildman–Crippen MR) is 168 cm³/mol. The number of nitrogens with zero attached hydrogens (tertiary/aromatic N) is 1. The molecule has 0 spiro atoms. The molecule has 50 heavy (non-hydrogen) atoms. The van der Waals surface area contributed by atoms with Crippen LogP contribution in [0.2, 0.25) is 0 Å². The van der Waals surface area contributed by atoms with Crippen molar-refractivity contribution < 1.29 is 64.2 Å². The van der Waals surface area contributed by atoms with E-state index in [4.69, 9.17) is 9.47 Å². The first-order valence-electron chi connectivity index (χ1n) is 14.9. The normalized spacial score (nSPS) is 16.8. The molecule has 16 heteroatoms. The van der Waals surface area contributed by atoms with Crippen molar-refractivity contribution in [1.29, 1.82) is 0 Å². The fraction of sp³-hybridized carbons (Fsp3) is 0.324. The number of ether oxygens (including phenoxy) is 2. The Bertz CT molecular complexity index is 1850. The molecule has 1 aliphatic rings. The number of carbonyl (C=O) groups is 3. The van der Waals surface area contributed by atoms with Crippen LogP contribution in [0.15, 0.2) is 72.8 Å². The second kappa shape index (κ2) is 15.3. The van der Waals surface area contributed by atoms with E-state index in [0.29, 0.717) is 16.7 Å². The van der Waals surface area contributed by atoms with Crippen molar-refractivity contribution >= 4 is 33.7 Å². The van der Waals surface area contributed by atoms with Gasteiger partial charge in [0, 0.05) is 25.1 Å². The molecule has 4 rings (SSSR count). The number of esters is 2. The molecule has 3 aromatic rings. The molecule has 0 saturated carbocycles. The number of hydrogen-bond donors (Lipinski definition) is 2. The van der Waals surface area contributed by atoms with Gasteiger partial charge in [0.15, 0.2) is 5.60 Å². The first-order valence-corrected chi connectivity index (χ1v) is 16.3. The topological polar surface area (TPSA) is 157 Å². The Labute approximate surface area is 284 Å². The lowest BCUT2D eigenvalue weighted by Crippen LogP contribution is -2.55. The van der Waals surface area contributed by atoms with Gasteiger partial charge < -0.3 is 28.8 Å². The Kier molecular flexibility index (Phi) is 11.6. The Balaban J connectivity index is 1.60. The first-order chi connectivity index (χ1) is 23.4. The van der Waals surface area contributed by atoms with Gasteiger partial charge in [-0.1, -0.05) is 36.1 Å². The molecule has 11 nitrogen and oxygen atoms in total. The zero-order valence-corrected chi connectivity index (χ0v) is 27.3. The highest BCUT2D eigenvalue weighted by molar-refractivity contribution is 7.88. The third-order valence-electron chi connectivity index (χ3n) is 7.54. The summed E-state index contributed by atoms with van der Waals surface area (Å²) in [6.45, 7) is 1.11. The molecular weight excluding hydrogens is 690 g/mol. The Morgan fingerprint density at radius 3 is 2.00 bits per heavy atom. The minimum absolute atomic E-state index is 0.126. The number of hydrogen-bond acceptors (Lipinski definition) is 10. The van der Waals surface area contributed by atoms with Crippen molar-refractivity contribution in [2.24, 2.45) is 5.92 Å². The van der Waals surface area contributed by atoms with Gasteiger partial charge in [-0.05, 0) is 72.5 Å². The fourth-order valence-corrected chi connectivity index (χ4v) is 5.49. The van der Waals surface area contributed by atoms with Gasteiger partial charge >= 0.3 is 27.6 Å². The fourth-order valence-electron chi connectivity index (χ4n) is 5.03. The summed E-state index contributed by atoms with van der Waals surface area (Å²) in [7, 11) is -5.92. The monoisotopic (exact) mass is 721 g/mol. The van der Waals surface area contributed by atoms with E-state index in [1.807, 2.05) is 0 Å². The number of carbonyl (C=O) groups excluding carboxylic acids is 3. The molecule has 3 atom stereocenters. The molecule has 266 valence electrons. The summed E-state index contributed by atoms with van der Waals surface area (Å²) >= 11 is 0. The molecule has 3 unspecified atom stereocenters. The van der Waals surface area contributed by atoms with Crippen LogP contribution in [0.1, 0.15) is 55.5 Å².